The molecule has 1 heterocycles. The maximum atomic E-state index is 5.63. The molecule has 53 heavy (non-hydrogen) atoms. The van der Waals surface area contributed by atoms with E-state index in [1.54, 1.807) is 0 Å². The molecule has 0 radical (unpaired) electrons. The van der Waals surface area contributed by atoms with Gasteiger partial charge in [-0.15, -0.1) is 0 Å². The van der Waals surface area contributed by atoms with E-state index in [0.29, 0.717) is 0 Å². The van der Waals surface area contributed by atoms with Gasteiger partial charge in [0.2, 0.25) is 0 Å². The van der Waals surface area contributed by atoms with Gasteiger partial charge in [-0.2, -0.15) is 0 Å². The SMILES string of the molecule is CC1(C)c2ccccc2-c2c(-c3nc4ccccc4nc3-c3ccccc3)c3c(c(N(c4ccccc4)c4ccccc4)c21)C(C)(C)c1ccccc1-3. The molecule has 8 aromatic rings. The summed E-state index contributed by atoms with van der Waals surface area (Å²) < 4.78 is 0. The predicted molar refractivity (Wildman–Crippen MR) is 220 cm³/mol. The van der Waals surface area contributed by atoms with Crippen molar-refractivity contribution in [3.63, 3.8) is 0 Å². The van der Waals surface area contributed by atoms with Gasteiger partial charge < -0.3 is 4.90 Å². The van der Waals surface area contributed by atoms with Crippen molar-refractivity contribution in [3.8, 4) is 44.8 Å². The highest BCUT2D eigenvalue weighted by molar-refractivity contribution is 6.11. The summed E-state index contributed by atoms with van der Waals surface area (Å²) in [4.78, 5) is 13.6. The lowest BCUT2D eigenvalue weighted by Gasteiger charge is -2.38. The van der Waals surface area contributed by atoms with Crippen LogP contribution >= 0.6 is 0 Å². The molecule has 3 nitrogen and oxygen atoms in total. The first-order valence-electron chi connectivity index (χ1n) is 18.5. The molecule has 0 saturated heterocycles. The van der Waals surface area contributed by atoms with Crippen molar-refractivity contribution < 1.29 is 0 Å². The standard InChI is InChI=1S/C50H39N3/c1-49(2)37-28-16-14-26-35(37)41-43(47-46(32-20-8-5-9-21-32)51-39-30-18-19-31-40(39)52-47)42-36-27-15-17-29-38(36)50(3,4)45(42)48(44(41)49)53(33-22-10-6-11-23-33)34-24-12-7-13-25-34/h5-31H,1-4H3. The van der Waals surface area contributed by atoms with Gasteiger partial charge in [0.15, 0.2) is 0 Å². The second-order valence-corrected chi connectivity index (χ2v) is 15.3. The third-order valence-electron chi connectivity index (χ3n) is 11.6. The van der Waals surface area contributed by atoms with Gasteiger partial charge >= 0.3 is 0 Å². The molecule has 7 aromatic carbocycles. The van der Waals surface area contributed by atoms with Crippen molar-refractivity contribution in [1.29, 1.82) is 0 Å². The van der Waals surface area contributed by atoms with Gasteiger partial charge in [-0.1, -0.05) is 155 Å². The summed E-state index contributed by atoms with van der Waals surface area (Å²) >= 11 is 0. The largest absolute Gasteiger partial charge is 0.310 e. The molecule has 0 amide bonds. The number of anilines is 3. The Morgan fingerprint density at radius 2 is 0.792 bits per heavy atom. The number of benzene rings is 7. The Kier molecular flexibility index (Phi) is 6.87. The minimum absolute atomic E-state index is 0.338. The highest BCUT2D eigenvalue weighted by Gasteiger charge is 2.49. The van der Waals surface area contributed by atoms with Crippen molar-refractivity contribution in [3.05, 3.63) is 186 Å². The molecule has 0 aliphatic heterocycles. The van der Waals surface area contributed by atoms with E-state index in [4.69, 9.17) is 9.97 Å². The number of hydrogen-bond acceptors (Lipinski definition) is 3. The summed E-state index contributed by atoms with van der Waals surface area (Å²) in [6, 6.07) is 58.7. The normalized spacial score (nSPS) is 14.3. The second kappa shape index (κ2) is 11.6. The van der Waals surface area contributed by atoms with E-state index in [1.165, 1.54) is 50.2 Å². The molecule has 0 bridgehead atoms. The van der Waals surface area contributed by atoms with Gasteiger partial charge in [0.1, 0.15) is 0 Å². The lowest BCUT2D eigenvalue weighted by atomic mass is 9.74. The molecule has 0 unspecified atom stereocenters. The minimum atomic E-state index is -0.338. The summed E-state index contributed by atoms with van der Waals surface area (Å²) in [5.74, 6) is 0. The molecule has 2 aliphatic rings. The fourth-order valence-corrected chi connectivity index (χ4v) is 9.25. The molecule has 10 rings (SSSR count). The first-order valence-corrected chi connectivity index (χ1v) is 18.5. The maximum Gasteiger partial charge on any atom is 0.0985 e. The van der Waals surface area contributed by atoms with Crippen LogP contribution in [0.25, 0.3) is 55.8 Å². The van der Waals surface area contributed by atoms with Crippen molar-refractivity contribution in [2.24, 2.45) is 0 Å². The quantitative estimate of drug-likeness (QED) is 0.181. The van der Waals surface area contributed by atoms with E-state index in [9.17, 15) is 0 Å². The molecule has 2 aliphatic carbocycles. The fraction of sp³-hybridized carbons (Fsp3) is 0.120. The van der Waals surface area contributed by atoms with Crippen LogP contribution < -0.4 is 4.90 Å². The van der Waals surface area contributed by atoms with E-state index >= 15 is 0 Å². The van der Waals surface area contributed by atoms with E-state index in [2.05, 4.69) is 196 Å². The summed E-state index contributed by atoms with van der Waals surface area (Å²) in [5.41, 5.74) is 18.9. The molecule has 0 atom stereocenters. The molecular weight excluding hydrogens is 643 g/mol. The smallest absolute Gasteiger partial charge is 0.0985 e. The van der Waals surface area contributed by atoms with Crippen LogP contribution in [-0.4, -0.2) is 9.97 Å². The van der Waals surface area contributed by atoms with Gasteiger partial charge in [0.05, 0.1) is 28.1 Å². The zero-order chi connectivity index (χ0) is 35.9. The summed E-state index contributed by atoms with van der Waals surface area (Å²) in [7, 11) is 0. The van der Waals surface area contributed by atoms with Crippen LogP contribution in [0.3, 0.4) is 0 Å². The minimum Gasteiger partial charge on any atom is -0.310 e. The first-order chi connectivity index (χ1) is 25.9. The highest BCUT2D eigenvalue weighted by Crippen LogP contribution is 2.66. The predicted octanol–water partition coefficient (Wildman–Crippen LogP) is 13.0. The average molecular weight is 682 g/mol. The van der Waals surface area contributed by atoms with Crippen LogP contribution in [0.4, 0.5) is 17.1 Å². The monoisotopic (exact) mass is 681 g/mol. The van der Waals surface area contributed by atoms with Gasteiger partial charge in [-0.25, -0.2) is 9.97 Å². The first kappa shape index (κ1) is 31.4. The van der Waals surface area contributed by atoms with E-state index in [1.807, 2.05) is 0 Å². The van der Waals surface area contributed by atoms with E-state index in [-0.39, 0.29) is 10.8 Å². The number of para-hydroxylation sites is 4. The Balaban J connectivity index is 1.47. The lowest BCUT2D eigenvalue weighted by molar-refractivity contribution is 0.640. The van der Waals surface area contributed by atoms with Crippen LogP contribution in [0, 0.1) is 0 Å². The molecule has 0 N–H and O–H groups in total. The average Bonchev–Trinajstić information content (AvgIpc) is 3.59. The zero-order valence-electron chi connectivity index (χ0n) is 30.4. The molecule has 0 fully saturated rings. The fourth-order valence-electron chi connectivity index (χ4n) is 9.25. The third kappa shape index (κ3) is 4.53. The van der Waals surface area contributed by atoms with Crippen molar-refractivity contribution in [1.82, 2.24) is 9.97 Å². The summed E-state index contributed by atoms with van der Waals surface area (Å²) in [5, 5.41) is 0. The van der Waals surface area contributed by atoms with Crippen LogP contribution in [-0.2, 0) is 10.8 Å². The van der Waals surface area contributed by atoms with Crippen LogP contribution in [0.5, 0.6) is 0 Å². The molecule has 0 spiro atoms. The highest BCUT2D eigenvalue weighted by atomic mass is 15.2. The number of aromatic nitrogens is 2. The molecular formula is C50H39N3. The number of hydrogen-bond donors (Lipinski definition) is 0. The Bertz CT molecular complexity index is 2590. The van der Waals surface area contributed by atoms with Crippen molar-refractivity contribution >= 4 is 28.1 Å². The molecule has 1 aromatic heterocycles. The van der Waals surface area contributed by atoms with E-state index in [0.717, 1.165) is 44.9 Å². The van der Waals surface area contributed by atoms with Crippen LogP contribution in [0.1, 0.15) is 49.9 Å². The van der Waals surface area contributed by atoms with Gasteiger partial charge in [-0.3, -0.25) is 0 Å². The number of nitrogens with zero attached hydrogens (tertiary/aromatic N) is 3. The van der Waals surface area contributed by atoms with Crippen LogP contribution in [0.15, 0.2) is 164 Å². The molecule has 254 valence electrons. The van der Waals surface area contributed by atoms with E-state index < -0.39 is 0 Å². The van der Waals surface area contributed by atoms with Crippen molar-refractivity contribution in [2.75, 3.05) is 4.90 Å². The van der Waals surface area contributed by atoms with Crippen molar-refractivity contribution in [2.45, 2.75) is 38.5 Å². The van der Waals surface area contributed by atoms with Gasteiger partial charge in [0.25, 0.3) is 0 Å². The van der Waals surface area contributed by atoms with Gasteiger partial charge in [0, 0.05) is 33.3 Å². The maximum absolute atomic E-state index is 5.63. The number of fused-ring (bicyclic) bond motifs is 7. The Labute approximate surface area is 311 Å². The Morgan fingerprint density at radius 3 is 1.28 bits per heavy atom. The topological polar surface area (TPSA) is 29.0 Å². The zero-order valence-corrected chi connectivity index (χ0v) is 30.4. The second-order valence-electron chi connectivity index (χ2n) is 15.3. The summed E-state index contributed by atoms with van der Waals surface area (Å²) in [6.45, 7) is 9.63. The lowest BCUT2D eigenvalue weighted by Crippen LogP contribution is -2.26. The van der Waals surface area contributed by atoms with Gasteiger partial charge in [-0.05, 0) is 80.9 Å². The number of rotatable bonds is 5. The summed E-state index contributed by atoms with van der Waals surface area (Å²) in [6.07, 6.45) is 0. The molecule has 3 heteroatoms. The molecule has 0 saturated carbocycles. The Hall–Kier alpha value is -6.32. The van der Waals surface area contributed by atoms with Crippen LogP contribution in [0.2, 0.25) is 0 Å². The Morgan fingerprint density at radius 1 is 0.396 bits per heavy atom. The third-order valence-corrected chi connectivity index (χ3v) is 11.6.